The average Bonchev–Trinajstić information content (AvgIpc) is 3.18. The molecule has 198 valence electrons. The van der Waals surface area contributed by atoms with Crippen molar-refractivity contribution in [2.75, 3.05) is 18.0 Å². The summed E-state index contributed by atoms with van der Waals surface area (Å²) in [6.07, 6.45) is 6.59. The average molecular weight is 542 g/mol. The number of piperidine rings is 1. The molecule has 0 radical (unpaired) electrons. The molecule has 1 saturated heterocycles. The second-order valence-electron chi connectivity index (χ2n) is 9.69. The second kappa shape index (κ2) is 10.2. The molecule has 1 N–H and O–H groups in total. The maximum absolute atomic E-state index is 12.9. The third-order valence-corrected chi connectivity index (χ3v) is 7.48. The number of aromatic nitrogens is 4. The number of alkyl halides is 2. The summed E-state index contributed by atoms with van der Waals surface area (Å²) in [7, 11) is 0. The summed E-state index contributed by atoms with van der Waals surface area (Å²) in [5.41, 5.74) is 3.47. The second-order valence-corrected chi connectivity index (χ2v) is 10.1. The number of carboxylic acid groups (broad SMARTS) is 1. The molecule has 0 unspecified atom stereocenters. The fraction of sp³-hybridized carbons (Fsp3) is 0.333. The van der Waals surface area contributed by atoms with Crippen LogP contribution in [0.3, 0.4) is 0 Å². The molecule has 38 heavy (non-hydrogen) atoms. The molecule has 1 aliphatic heterocycles. The lowest BCUT2D eigenvalue weighted by atomic mass is 9.80. The van der Waals surface area contributed by atoms with Gasteiger partial charge in [-0.2, -0.15) is 8.78 Å². The molecule has 4 heterocycles. The topological polar surface area (TPSA) is 92.9 Å². The van der Waals surface area contributed by atoms with E-state index < -0.39 is 18.0 Å². The van der Waals surface area contributed by atoms with Gasteiger partial charge in [-0.1, -0.05) is 29.8 Å². The van der Waals surface area contributed by atoms with Gasteiger partial charge >= 0.3 is 12.6 Å². The first-order valence-corrected chi connectivity index (χ1v) is 12.5. The van der Waals surface area contributed by atoms with E-state index in [0.29, 0.717) is 65.7 Å². The van der Waals surface area contributed by atoms with Gasteiger partial charge in [0, 0.05) is 66.6 Å². The monoisotopic (exact) mass is 541 g/mol. The highest BCUT2D eigenvalue weighted by Gasteiger charge is 2.37. The maximum atomic E-state index is 12.9. The summed E-state index contributed by atoms with van der Waals surface area (Å²) >= 11 is 6.61. The normalized spacial score (nSPS) is 15.3. The number of aliphatic carboxylic acids is 1. The number of para-hydroxylation sites is 1. The van der Waals surface area contributed by atoms with Crippen molar-refractivity contribution in [3.05, 3.63) is 70.9 Å². The number of nitrogens with zero attached hydrogens (tertiary/aromatic N) is 5. The molecule has 1 aromatic carbocycles. The van der Waals surface area contributed by atoms with Crippen molar-refractivity contribution < 1.29 is 23.4 Å². The quantitative estimate of drug-likeness (QED) is 0.324. The van der Waals surface area contributed by atoms with Gasteiger partial charge in [0.25, 0.3) is 0 Å². The van der Waals surface area contributed by atoms with E-state index in [4.69, 9.17) is 16.3 Å². The van der Waals surface area contributed by atoms with Crippen LogP contribution in [0.1, 0.15) is 36.7 Å². The highest BCUT2D eigenvalue weighted by molar-refractivity contribution is 6.33. The first kappa shape index (κ1) is 25.8. The number of ether oxygens (including phenoxy) is 1. The van der Waals surface area contributed by atoms with Crippen LogP contribution in [0.4, 0.5) is 14.7 Å². The first-order chi connectivity index (χ1) is 18.1. The fourth-order valence-corrected chi connectivity index (χ4v) is 4.99. The van der Waals surface area contributed by atoms with E-state index in [2.05, 4.69) is 15.0 Å². The third kappa shape index (κ3) is 5.00. The van der Waals surface area contributed by atoms with Crippen molar-refractivity contribution in [1.29, 1.82) is 0 Å². The van der Waals surface area contributed by atoms with Crippen LogP contribution in [0.15, 0.2) is 48.9 Å². The Morgan fingerprint density at radius 2 is 1.89 bits per heavy atom. The number of fused-ring (bicyclic) bond motifs is 1. The Bertz CT molecular complexity index is 1480. The van der Waals surface area contributed by atoms with Gasteiger partial charge in [-0.25, -0.2) is 15.0 Å². The van der Waals surface area contributed by atoms with Crippen LogP contribution in [0, 0.1) is 12.3 Å². The van der Waals surface area contributed by atoms with Gasteiger partial charge < -0.3 is 19.1 Å². The first-order valence-electron chi connectivity index (χ1n) is 12.2. The lowest BCUT2D eigenvalue weighted by Crippen LogP contribution is -2.43. The molecule has 1 fully saturated rings. The summed E-state index contributed by atoms with van der Waals surface area (Å²) in [5.74, 6) is -0.123. The summed E-state index contributed by atoms with van der Waals surface area (Å²) in [4.78, 5) is 27.2. The molecular weight excluding hydrogens is 516 g/mol. The molecule has 3 aromatic heterocycles. The summed E-state index contributed by atoms with van der Waals surface area (Å²) < 4.78 is 32.4. The minimum absolute atomic E-state index is 0.122. The maximum Gasteiger partial charge on any atom is 0.387 e. The molecule has 0 amide bonds. The zero-order chi connectivity index (χ0) is 27.0. The number of pyridine rings is 1. The largest absolute Gasteiger partial charge is 0.481 e. The Hall–Kier alpha value is -3.79. The van der Waals surface area contributed by atoms with E-state index in [-0.39, 0.29) is 5.75 Å². The fourth-order valence-electron chi connectivity index (χ4n) is 4.73. The molecular formula is C27H26ClF2N5O3. The number of benzene rings is 1. The predicted molar refractivity (Wildman–Crippen MR) is 139 cm³/mol. The van der Waals surface area contributed by atoms with Crippen molar-refractivity contribution in [3.63, 3.8) is 0 Å². The molecule has 0 spiro atoms. The number of rotatable bonds is 7. The van der Waals surface area contributed by atoms with Crippen molar-refractivity contribution >= 4 is 29.2 Å². The number of carboxylic acids is 1. The molecule has 0 aliphatic carbocycles. The SMILES string of the molecule is Cc1nc2cc(Cl)c(-c3cnc(N4CCC(C)(C(=O)O)CC4)nc3)cn2c1Cc1ccccc1OC(F)F. The molecule has 0 bridgehead atoms. The van der Waals surface area contributed by atoms with E-state index in [1.165, 1.54) is 6.07 Å². The Kier molecular flexibility index (Phi) is 6.92. The van der Waals surface area contributed by atoms with Crippen LogP contribution < -0.4 is 9.64 Å². The Morgan fingerprint density at radius 1 is 1.21 bits per heavy atom. The van der Waals surface area contributed by atoms with Gasteiger partial charge in [0.1, 0.15) is 11.4 Å². The van der Waals surface area contributed by atoms with Crippen LogP contribution in [-0.4, -0.2) is 50.1 Å². The van der Waals surface area contributed by atoms with Crippen LogP contribution in [0.2, 0.25) is 5.02 Å². The molecule has 8 nitrogen and oxygen atoms in total. The molecule has 11 heteroatoms. The molecule has 4 aromatic rings. The van der Waals surface area contributed by atoms with E-state index >= 15 is 0 Å². The summed E-state index contributed by atoms with van der Waals surface area (Å²) in [6.45, 7) is 1.83. The summed E-state index contributed by atoms with van der Waals surface area (Å²) in [5, 5.41) is 9.94. The smallest absolute Gasteiger partial charge is 0.387 e. The Labute approximate surface area is 222 Å². The van der Waals surface area contributed by atoms with Gasteiger partial charge in [0.2, 0.25) is 5.95 Å². The molecule has 0 atom stereocenters. The summed E-state index contributed by atoms with van der Waals surface area (Å²) in [6, 6.07) is 8.45. The van der Waals surface area contributed by atoms with Crippen molar-refractivity contribution in [3.8, 4) is 16.9 Å². The van der Waals surface area contributed by atoms with E-state index in [1.807, 2.05) is 22.4 Å². The zero-order valence-corrected chi connectivity index (χ0v) is 21.6. The highest BCUT2D eigenvalue weighted by atomic mass is 35.5. The number of hydrogen-bond acceptors (Lipinski definition) is 6. The molecule has 5 rings (SSSR count). The number of hydrogen-bond donors (Lipinski definition) is 1. The van der Waals surface area contributed by atoms with Crippen LogP contribution in [-0.2, 0) is 11.2 Å². The highest BCUT2D eigenvalue weighted by Crippen LogP contribution is 2.34. The molecule has 0 saturated carbocycles. The van der Waals surface area contributed by atoms with Gasteiger partial charge in [-0.05, 0) is 32.8 Å². The molecule has 1 aliphatic rings. The van der Waals surface area contributed by atoms with Crippen molar-refractivity contribution in [1.82, 2.24) is 19.4 Å². The van der Waals surface area contributed by atoms with Crippen molar-refractivity contribution in [2.45, 2.75) is 39.7 Å². The minimum Gasteiger partial charge on any atom is -0.481 e. The number of imidazole rings is 1. The van der Waals surface area contributed by atoms with Crippen LogP contribution in [0.25, 0.3) is 16.8 Å². The zero-order valence-electron chi connectivity index (χ0n) is 20.9. The van der Waals surface area contributed by atoms with Crippen LogP contribution >= 0.6 is 11.6 Å². The van der Waals surface area contributed by atoms with Gasteiger partial charge in [0.05, 0.1) is 16.1 Å². The lowest BCUT2D eigenvalue weighted by Gasteiger charge is -2.36. The van der Waals surface area contributed by atoms with E-state index in [9.17, 15) is 18.7 Å². The number of anilines is 1. The van der Waals surface area contributed by atoms with E-state index in [0.717, 1.165) is 11.4 Å². The van der Waals surface area contributed by atoms with Gasteiger partial charge in [-0.3, -0.25) is 4.79 Å². The predicted octanol–water partition coefficient (Wildman–Crippen LogP) is 5.64. The van der Waals surface area contributed by atoms with E-state index in [1.54, 1.807) is 43.6 Å². The standard InChI is InChI=1S/C27H26ClF2N5O3/c1-16-21(11-17-5-3-4-6-22(17)38-25(29)30)35-15-19(20(28)12-23(35)33-16)18-13-31-26(32-14-18)34-9-7-27(2,8-10-34)24(36)37/h3-6,12-15,25H,7-11H2,1-2H3,(H,36,37). The number of aryl methyl sites for hydroxylation is 1. The number of halogens is 3. The third-order valence-electron chi connectivity index (χ3n) is 7.17. The Balaban J connectivity index is 1.43. The van der Waals surface area contributed by atoms with Gasteiger partial charge in [-0.15, -0.1) is 0 Å². The van der Waals surface area contributed by atoms with Crippen LogP contribution in [0.5, 0.6) is 5.75 Å². The Morgan fingerprint density at radius 3 is 2.55 bits per heavy atom. The number of carbonyl (C=O) groups is 1. The van der Waals surface area contributed by atoms with Crippen molar-refractivity contribution in [2.24, 2.45) is 5.41 Å². The minimum atomic E-state index is -2.92. The van der Waals surface area contributed by atoms with Gasteiger partial charge in [0.15, 0.2) is 0 Å². The lowest BCUT2D eigenvalue weighted by molar-refractivity contribution is -0.149.